The molecule has 0 aliphatic heterocycles. The number of hydrazine groups is 1. The van der Waals surface area contributed by atoms with Gasteiger partial charge in [-0.25, -0.2) is 58.3 Å². The van der Waals surface area contributed by atoms with Crippen LogP contribution in [-0.4, -0.2) is 80.7 Å². The minimum Gasteiger partial charge on any atom is -0.406 e. The van der Waals surface area contributed by atoms with Crippen molar-refractivity contribution in [2.24, 2.45) is 16.7 Å². The van der Waals surface area contributed by atoms with E-state index in [2.05, 4.69) is 265 Å². The molecule has 8 aromatic heterocycles. The van der Waals surface area contributed by atoms with Gasteiger partial charge in [0.15, 0.2) is 5.82 Å². The minimum atomic E-state index is -4.77. The monoisotopic (exact) mass is 2530 g/mol. The van der Waals surface area contributed by atoms with Gasteiger partial charge in [-0.05, 0) is 235 Å². The number of hydrogen-bond donors (Lipinski definition) is 11. The second kappa shape index (κ2) is 64.8. The van der Waals surface area contributed by atoms with E-state index >= 15 is 0 Å². The molecule has 133 heavy (non-hydrogen) atoms. The summed E-state index contributed by atoms with van der Waals surface area (Å²) in [7, 11) is 0. The van der Waals surface area contributed by atoms with Crippen LogP contribution in [0.15, 0.2) is 200 Å². The fraction of sp³-hybridized carbons (Fsp3) is 0.247. The number of anilines is 13. The number of nitrogens with zero attached hydrogens (tertiary/aromatic N) is 13. The van der Waals surface area contributed by atoms with Gasteiger partial charge in [-0.2, -0.15) is 30.0 Å². The lowest BCUT2D eigenvalue weighted by molar-refractivity contribution is -0.274. The number of hydrogen-bond acceptors (Lipinski definition) is 25. The summed E-state index contributed by atoms with van der Waals surface area (Å²) in [5.41, 5.74) is 19.6. The van der Waals surface area contributed by atoms with Crippen LogP contribution in [0, 0.1) is 51.0 Å². The average molecular weight is 2540 g/mol. The van der Waals surface area contributed by atoms with Crippen LogP contribution >= 0.6 is 194 Å². The highest BCUT2D eigenvalue weighted by molar-refractivity contribution is 14.2. The highest BCUT2D eigenvalue weighted by Crippen LogP contribution is 2.29. The topological polar surface area (TPSA) is 337 Å². The smallest absolute Gasteiger partial charge is 0.406 e. The van der Waals surface area contributed by atoms with E-state index in [1.165, 1.54) is 84.5 Å². The lowest BCUT2D eigenvalue weighted by atomic mass is 10.2. The van der Waals surface area contributed by atoms with Gasteiger partial charge in [0.25, 0.3) is 0 Å². The molecule has 0 fully saturated rings. The third-order valence-corrected chi connectivity index (χ3v) is 19.7. The fourth-order valence-corrected chi connectivity index (χ4v) is 10.4. The molecule has 0 saturated heterocycles. The van der Waals surface area contributed by atoms with Crippen molar-refractivity contribution in [1.82, 2.24) is 59.8 Å². The first kappa shape index (κ1) is 119. The maximum absolute atomic E-state index is 13.7. The van der Waals surface area contributed by atoms with Crippen molar-refractivity contribution in [3.05, 3.63) is 304 Å². The number of rotatable bonds is 25. The Morgan fingerprint density at radius 2 is 0.737 bits per heavy atom. The standard InChI is InChI=1S/C25H20ClF4N7O.C17H14Cl2FN5.C17H17ClFN7.C11H8Cl2FN3.C6H7ClN2.C3H6I2.C3H7I.C3H8.C2H4I2.2CH4/c1-15-10-18(5-8-20(15)27)34-22-11-23(36-24(35-22)32-13-17-4-9-21(26)31-12-17)37-33-14-16-2-6-19(7-3-16)38-25(28,29)30;1-10-6-12(3-4-13(10)20)23-16-7-15(19)24-17(25-16)22-9-11-2-5-14(18)21-8-11;1-10-6-12(3-4-13(10)19)23-15-7-16(26-20)25-17(24-15)22-9-11-2-5-14(18)21-8-11;1-6-4-7(2-3-8(6)14)15-10-5-9(12)16-11(13)17-10;7-6-2-1-5(3-8)4-9-6;1-2-3(4)5;1-2-3-4;1-3-2;1-2(3)4;;/h2-12,14H,13H2,1H3,(H3,32,34,35,36,37);2-8H,9H2,1H3,(H2,22,23,24,25);2-8H,9,20H2,1H3,(H3,22,23,24,25,26);2-5H,1H3,(H,15,16,17);1-2,4H,3,8H2;3H,2H2,1H3;2-3H2,1H3;3H2,1-2H3;2H,1H3;2*1H4/b33-14+;;;;;;;;;;. The Balaban J connectivity index is 0.000000427. The molecule has 5 aromatic carbocycles. The lowest BCUT2D eigenvalue weighted by Gasteiger charge is -2.12. The van der Waals surface area contributed by atoms with Crippen molar-refractivity contribution in [3.63, 3.8) is 0 Å². The number of nitrogen functional groups attached to an aromatic ring is 1. The van der Waals surface area contributed by atoms with Gasteiger partial charge < -0.3 is 53.1 Å². The summed E-state index contributed by atoms with van der Waals surface area (Å²) in [4.78, 5) is 49.6. The Kier molecular flexibility index (Phi) is 57.9. The van der Waals surface area contributed by atoms with Crippen molar-refractivity contribution < 1.29 is 35.5 Å². The molecule has 13 rings (SSSR count). The van der Waals surface area contributed by atoms with Crippen LogP contribution in [0.4, 0.5) is 106 Å². The largest absolute Gasteiger partial charge is 0.573 e. The molecule has 0 atom stereocenters. The lowest BCUT2D eigenvalue weighted by Crippen LogP contribution is -2.17. The molecule has 13 aromatic rings. The molecule has 0 spiro atoms. The molecule has 0 aliphatic rings. The van der Waals surface area contributed by atoms with Gasteiger partial charge in [0.1, 0.15) is 89.0 Å². The van der Waals surface area contributed by atoms with Gasteiger partial charge in [-0.1, -0.05) is 256 Å². The Morgan fingerprint density at radius 3 is 1.04 bits per heavy atom. The van der Waals surface area contributed by atoms with Gasteiger partial charge >= 0.3 is 6.36 Å². The number of benzene rings is 5. The van der Waals surface area contributed by atoms with Crippen LogP contribution in [-0.2, 0) is 26.2 Å². The molecule has 0 saturated carbocycles. The molecule has 0 aliphatic carbocycles. The Labute approximate surface area is 873 Å². The van der Waals surface area contributed by atoms with Crippen molar-refractivity contribution >= 4 is 276 Å². The Bertz CT molecular complexity index is 5600. The van der Waals surface area contributed by atoms with Gasteiger partial charge in [0.2, 0.25) is 23.1 Å². The van der Waals surface area contributed by atoms with Crippen LogP contribution in [0.2, 0.25) is 36.2 Å². The van der Waals surface area contributed by atoms with Crippen LogP contribution in [0.5, 0.6) is 5.75 Å². The number of pyridine rings is 4. The maximum atomic E-state index is 13.7. The van der Waals surface area contributed by atoms with E-state index in [1.807, 2.05) is 18.2 Å². The summed E-state index contributed by atoms with van der Waals surface area (Å²) in [5, 5.41) is 28.0. The van der Waals surface area contributed by atoms with Crippen LogP contribution < -0.4 is 64.4 Å². The second-order valence-corrected chi connectivity index (χ2v) is 41.8. The number of alkyl halides is 8. The molecule has 0 unspecified atom stereocenters. The third-order valence-electron chi connectivity index (χ3n) is 15.4. The number of nitrogens with two attached hydrogens (primary N) is 2. The molecule has 714 valence electrons. The first-order chi connectivity index (χ1) is 62.3. The van der Waals surface area contributed by atoms with E-state index < -0.39 is 6.36 Å². The molecule has 25 nitrogen and oxygen atoms in total. The van der Waals surface area contributed by atoms with E-state index in [0.29, 0.717) is 144 Å². The predicted molar refractivity (Wildman–Crippen MR) is 578 cm³/mol. The summed E-state index contributed by atoms with van der Waals surface area (Å²) in [6, 6.07) is 44.4. The Hall–Kier alpha value is -8.20. The van der Waals surface area contributed by atoms with Crippen LogP contribution in [0.25, 0.3) is 0 Å². The van der Waals surface area contributed by atoms with Crippen molar-refractivity contribution in [2.45, 2.75) is 133 Å². The predicted octanol–water partition coefficient (Wildman–Crippen LogP) is 29.8. The van der Waals surface area contributed by atoms with Crippen molar-refractivity contribution in [2.75, 3.05) is 52.5 Å². The quantitative estimate of drug-likeness (QED) is 0.00291. The van der Waals surface area contributed by atoms with E-state index in [9.17, 15) is 30.7 Å². The van der Waals surface area contributed by atoms with Crippen LogP contribution in [0.3, 0.4) is 0 Å². The molecule has 0 radical (unpaired) electrons. The molecule has 0 bridgehead atoms. The molecular formula is C89H99Cl7F7I5N24O. The zero-order valence-corrected chi connectivity index (χ0v) is 87.5. The normalized spacial score (nSPS) is 10.3. The molecule has 0 amide bonds. The van der Waals surface area contributed by atoms with E-state index in [1.54, 1.807) is 150 Å². The zero-order chi connectivity index (χ0) is 96.5. The summed E-state index contributed by atoms with van der Waals surface area (Å²) < 4.78 is 97.2. The number of nitrogens with one attached hydrogen (secondary N) is 9. The van der Waals surface area contributed by atoms with Crippen molar-refractivity contribution in [3.8, 4) is 5.75 Å². The third kappa shape index (κ3) is 50.4. The highest BCUT2D eigenvalue weighted by atomic mass is 127. The summed E-state index contributed by atoms with van der Waals surface area (Å²) in [6.07, 6.45) is 7.10. The first-order valence-electron chi connectivity index (χ1n) is 39.1. The number of aromatic nitrogens is 12. The van der Waals surface area contributed by atoms with E-state index in [0.717, 1.165) is 26.1 Å². The minimum absolute atomic E-state index is 0. The number of aryl methyl sites for hydroxylation is 4. The van der Waals surface area contributed by atoms with Crippen LogP contribution in [0.1, 0.15) is 119 Å². The molecular weight excluding hydrogens is 2440 g/mol. The molecule has 44 heteroatoms. The highest BCUT2D eigenvalue weighted by Gasteiger charge is 2.31. The fourth-order valence-electron chi connectivity index (χ4n) is 9.34. The van der Waals surface area contributed by atoms with Gasteiger partial charge in [0, 0.05) is 98.0 Å². The zero-order valence-electron chi connectivity index (χ0n) is 71.4. The number of ether oxygens (including phenoxy) is 1. The van der Waals surface area contributed by atoms with Crippen molar-refractivity contribution in [1.29, 1.82) is 0 Å². The number of hydrazone groups is 1. The SMILES string of the molecule is C.C.CC(I)I.CCC.CCC(I)I.CCCI.Cc1cc(Nc2cc(Cl)nc(Cl)n2)ccc1F.Cc1cc(Nc2cc(Cl)nc(NCc3ccc(Cl)nc3)n2)ccc1F.Cc1cc(Nc2cc(N/N=C/c3ccc(OC(F)(F)F)cc3)nc(NCc3ccc(Cl)nc3)n2)ccc1F.Cc1cc(Nc2cc(NN)nc(NCc3ccc(Cl)nc3)n2)ccc1F.NCc1ccc(Cl)nc1. The maximum Gasteiger partial charge on any atom is 0.573 e. The second-order valence-electron chi connectivity index (χ2n) is 26.6. The Morgan fingerprint density at radius 1 is 0.429 bits per heavy atom. The van der Waals surface area contributed by atoms with E-state index in [-0.39, 0.29) is 65.4 Å². The first-order valence-corrected chi connectivity index (χ1v) is 48.2. The summed E-state index contributed by atoms with van der Waals surface area (Å²) >= 11 is 52.1. The molecule has 8 heterocycles. The average Bonchev–Trinajstić information content (AvgIpc) is 0.850. The van der Waals surface area contributed by atoms with E-state index in [4.69, 9.17) is 92.8 Å². The molecule has 13 N–H and O–H groups in total. The van der Waals surface area contributed by atoms with Gasteiger partial charge in [-0.15, -0.1) is 13.2 Å². The summed E-state index contributed by atoms with van der Waals surface area (Å²) in [6.45, 7) is 19.3. The van der Waals surface area contributed by atoms with Gasteiger partial charge in [0.05, 0.1) is 10.1 Å². The van der Waals surface area contributed by atoms with Gasteiger partial charge in [-0.3, -0.25) is 5.43 Å². The summed E-state index contributed by atoms with van der Waals surface area (Å²) in [5.74, 6) is 7.64. The number of halogens is 19.